The Kier molecular flexibility index (Phi) is 2.66. The molecule has 0 unspecified atom stereocenters. The highest BCUT2D eigenvalue weighted by Crippen LogP contribution is 2.21. The molecule has 2 rings (SSSR count). The maximum Gasteiger partial charge on any atom is 0.0493 e. The van der Waals surface area contributed by atoms with E-state index in [2.05, 4.69) is 22.9 Å². The van der Waals surface area contributed by atoms with E-state index >= 15 is 0 Å². The van der Waals surface area contributed by atoms with Crippen molar-refractivity contribution in [2.24, 2.45) is 0 Å². The zero-order chi connectivity index (χ0) is 10.1. The molecular formula is C11H9BrClN. The van der Waals surface area contributed by atoms with Crippen LogP contribution in [0.2, 0.25) is 5.02 Å². The zero-order valence-electron chi connectivity index (χ0n) is 7.67. The van der Waals surface area contributed by atoms with E-state index in [9.17, 15) is 0 Å². The maximum atomic E-state index is 5.95. The van der Waals surface area contributed by atoms with Crippen molar-refractivity contribution in [2.75, 3.05) is 0 Å². The van der Waals surface area contributed by atoms with Crippen LogP contribution >= 0.6 is 27.5 Å². The molecule has 0 bridgehead atoms. The summed E-state index contributed by atoms with van der Waals surface area (Å²) >= 11 is 9.37. The predicted octanol–water partition coefficient (Wildman–Crippen LogP) is 4.20. The minimum absolute atomic E-state index is 0.760. The van der Waals surface area contributed by atoms with Crippen molar-refractivity contribution < 1.29 is 0 Å². The molecule has 0 saturated heterocycles. The van der Waals surface area contributed by atoms with Crippen LogP contribution in [0.5, 0.6) is 0 Å². The van der Waals surface area contributed by atoms with Crippen LogP contribution in [-0.2, 0) is 0 Å². The van der Waals surface area contributed by atoms with Crippen molar-refractivity contribution in [3.8, 4) is 5.69 Å². The Morgan fingerprint density at radius 1 is 1.29 bits per heavy atom. The second kappa shape index (κ2) is 3.79. The van der Waals surface area contributed by atoms with Gasteiger partial charge in [0, 0.05) is 27.6 Å². The van der Waals surface area contributed by atoms with Crippen LogP contribution in [0.4, 0.5) is 0 Å². The molecule has 0 fully saturated rings. The molecule has 72 valence electrons. The molecule has 2 aromatic rings. The second-order valence-corrected chi connectivity index (χ2v) is 4.52. The summed E-state index contributed by atoms with van der Waals surface area (Å²) in [6, 6.07) is 7.88. The molecule has 14 heavy (non-hydrogen) atoms. The fourth-order valence-electron chi connectivity index (χ4n) is 1.38. The smallest absolute Gasteiger partial charge is 0.0493 e. The van der Waals surface area contributed by atoms with Crippen molar-refractivity contribution in [3.05, 3.63) is 51.7 Å². The first-order valence-corrected chi connectivity index (χ1v) is 5.44. The number of benzene rings is 1. The van der Waals surface area contributed by atoms with E-state index in [-0.39, 0.29) is 0 Å². The van der Waals surface area contributed by atoms with Gasteiger partial charge in [-0.15, -0.1) is 0 Å². The molecule has 0 saturated carbocycles. The van der Waals surface area contributed by atoms with Gasteiger partial charge in [0.2, 0.25) is 0 Å². The molecule has 0 aliphatic heterocycles. The molecule has 0 spiro atoms. The summed E-state index contributed by atoms with van der Waals surface area (Å²) in [5, 5.41) is 0.760. The van der Waals surface area contributed by atoms with Gasteiger partial charge in [-0.25, -0.2) is 0 Å². The topological polar surface area (TPSA) is 4.93 Å². The Morgan fingerprint density at radius 2 is 2.07 bits per heavy atom. The first kappa shape index (κ1) is 9.81. The van der Waals surface area contributed by atoms with Gasteiger partial charge in [-0.2, -0.15) is 0 Å². The van der Waals surface area contributed by atoms with Gasteiger partial charge in [-0.3, -0.25) is 0 Å². The van der Waals surface area contributed by atoms with Gasteiger partial charge in [0.1, 0.15) is 0 Å². The number of nitrogens with zero attached hydrogens (tertiary/aromatic N) is 1. The summed E-state index contributed by atoms with van der Waals surface area (Å²) < 4.78 is 3.11. The minimum Gasteiger partial charge on any atom is -0.322 e. The number of aryl methyl sites for hydroxylation is 1. The fraction of sp³-hybridized carbons (Fsp3) is 0.0909. The van der Waals surface area contributed by atoms with Gasteiger partial charge in [0.05, 0.1) is 0 Å². The summed E-state index contributed by atoms with van der Waals surface area (Å²) in [5.74, 6) is 0. The van der Waals surface area contributed by atoms with Gasteiger partial charge in [0.15, 0.2) is 0 Å². The van der Waals surface area contributed by atoms with E-state index < -0.39 is 0 Å². The van der Waals surface area contributed by atoms with E-state index in [0.29, 0.717) is 0 Å². The lowest BCUT2D eigenvalue weighted by Gasteiger charge is -2.07. The lowest BCUT2D eigenvalue weighted by Crippen LogP contribution is -1.92. The van der Waals surface area contributed by atoms with Gasteiger partial charge >= 0.3 is 0 Å². The monoisotopic (exact) mass is 269 g/mol. The highest BCUT2D eigenvalue weighted by molar-refractivity contribution is 9.10. The molecular weight excluding hydrogens is 261 g/mol. The Labute approximate surface area is 96.4 Å². The number of halogens is 2. The molecule has 0 aliphatic carbocycles. The molecule has 0 aliphatic rings. The van der Waals surface area contributed by atoms with Crippen molar-refractivity contribution in [1.29, 1.82) is 0 Å². The average Bonchev–Trinajstić information content (AvgIpc) is 2.56. The van der Waals surface area contributed by atoms with Crippen LogP contribution in [0.25, 0.3) is 5.69 Å². The van der Waals surface area contributed by atoms with E-state index in [0.717, 1.165) is 15.2 Å². The van der Waals surface area contributed by atoms with Crippen LogP contribution in [-0.4, -0.2) is 4.57 Å². The van der Waals surface area contributed by atoms with Gasteiger partial charge in [-0.1, -0.05) is 17.7 Å². The van der Waals surface area contributed by atoms with Gasteiger partial charge < -0.3 is 4.57 Å². The summed E-state index contributed by atoms with van der Waals surface area (Å²) in [4.78, 5) is 0. The summed E-state index contributed by atoms with van der Waals surface area (Å²) in [6.45, 7) is 2.07. The molecule has 1 nitrogen and oxygen atoms in total. The highest BCUT2D eigenvalue weighted by atomic mass is 79.9. The van der Waals surface area contributed by atoms with Crippen LogP contribution < -0.4 is 0 Å². The Balaban J connectivity index is 2.55. The van der Waals surface area contributed by atoms with Crippen molar-refractivity contribution in [3.63, 3.8) is 0 Å². The maximum absolute atomic E-state index is 5.95. The Hall–Kier alpha value is -0.730. The standard InChI is InChI=1S/C11H9BrClN/c1-8-2-3-10(13)6-11(8)14-5-4-9(12)7-14/h2-7H,1H3. The average molecular weight is 271 g/mol. The number of hydrogen-bond acceptors (Lipinski definition) is 0. The molecule has 1 aromatic carbocycles. The first-order valence-electron chi connectivity index (χ1n) is 4.27. The van der Waals surface area contributed by atoms with E-state index in [1.165, 1.54) is 5.56 Å². The van der Waals surface area contributed by atoms with Crippen molar-refractivity contribution in [2.45, 2.75) is 6.92 Å². The molecule has 0 N–H and O–H groups in total. The van der Waals surface area contributed by atoms with E-state index in [1.807, 2.05) is 41.2 Å². The number of hydrogen-bond donors (Lipinski definition) is 0. The van der Waals surface area contributed by atoms with Crippen LogP contribution in [0.3, 0.4) is 0 Å². The van der Waals surface area contributed by atoms with Gasteiger partial charge in [0.25, 0.3) is 0 Å². The largest absolute Gasteiger partial charge is 0.322 e. The van der Waals surface area contributed by atoms with Crippen molar-refractivity contribution in [1.82, 2.24) is 4.57 Å². The molecule has 3 heteroatoms. The molecule has 1 heterocycles. The Bertz CT molecular complexity index is 462. The van der Waals surface area contributed by atoms with Gasteiger partial charge in [-0.05, 0) is 46.6 Å². The summed E-state index contributed by atoms with van der Waals surface area (Å²) in [6.07, 6.45) is 4.02. The molecule has 0 amide bonds. The van der Waals surface area contributed by atoms with E-state index in [1.54, 1.807) is 0 Å². The lowest BCUT2D eigenvalue weighted by atomic mass is 10.2. The highest BCUT2D eigenvalue weighted by Gasteiger charge is 2.01. The third-order valence-electron chi connectivity index (χ3n) is 2.11. The fourth-order valence-corrected chi connectivity index (χ4v) is 1.89. The van der Waals surface area contributed by atoms with E-state index in [4.69, 9.17) is 11.6 Å². The quantitative estimate of drug-likeness (QED) is 0.732. The lowest BCUT2D eigenvalue weighted by molar-refractivity contribution is 1.06. The minimum atomic E-state index is 0.760. The first-order chi connectivity index (χ1) is 6.66. The van der Waals surface area contributed by atoms with Crippen LogP contribution in [0.1, 0.15) is 5.56 Å². The van der Waals surface area contributed by atoms with Crippen LogP contribution in [0.15, 0.2) is 41.1 Å². The van der Waals surface area contributed by atoms with Crippen molar-refractivity contribution >= 4 is 27.5 Å². The third-order valence-corrected chi connectivity index (χ3v) is 2.81. The Morgan fingerprint density at radius 3 is 2.71 bits per heavy atom. The van der Waals surface area contributed by atoms with Crippen LogP contribution in [0, 0.1) is 6.92 Å². The second-order valence-electron chi connectivity index (χ2n) is 3.17. The normalized spacial score (nSPS) is 10.5. The molecule has 0 atom stereocenters. The summed E-state index contributed by atoms with van der Waals surface area (Å²) in [7, 11) is 0. The predicted molar refractivity (Wildman–Crippen MR) is 63.2 cm³/mol. The molecule has 1 aromatic heterocycles. The number of aromatic nitrogens is 1. The number of rotatable bonds is 1. The third kappa shape index (κ3) is 1.86. The zero-order valence-corrected chi connectivity index (χ0v) is 10.0. The molecule has 0 radical (unpaired) electrons. The SMILES string of the molecule is Cc1ccc(Cl)cc1-n1ccc(Br)c1. The summed E-state index contributed by atoms with van der Waals surface area (Å²) in [5.41, 5.74) is 2.32.